The highest BCUT2D eigenvalue weighted by Gasteiger charge is 2.27. The molecule has 1 aliphatic rings. The number of amides is 1. The molecule has 3 nitrogen and oxygen atoms in total. The molecule has 1 heterocycles. The van der Waals surface area contributed by atoms with Gasteiger partial charge in [-0.1, -0.05) is 26.7 Å². The maximum Gasteiger partial charge on any atom is 0.272 e. The molecule has 0 bridgehead atoms. The molecule has 1 fully saturated rings. The summed E-state index contributed by atoms with van der Waals surface area (Å²) in [7, 11) is 0. The van der Waals surface area contributed by atoms with Gasteiger partial charge in [0.25, 0.3) is 5.91 Å². The molecule has 0 aliphatic heterocycles. The van der Waals surface area contributed by atoms with E-state index in [9.17, 15) is 4.79 Å². The van der Waals surface area contributed by atoms with Crippen LogP contribution in [0.15, 0.2) is 22.8 Å². The number of pyridine rings is 1. The smallest absolute Gasteiger partial charge is 0.272 e. The Hall–Kier alpha value is -0.900. The first-order valence-corrected chi connectivity index (χ1v) is 8.29. The molecule has 2 rings (SSSR count). The summed E-state index contributed by atoms with van der Waals surface area (Å²) < 4.78 is 0.906. The first-order chi connectivity index (χ1) is 9.58. The van der Waals surface area contributed by atoms with Gasteiger partial charge in [-0.15, -0.1) is 0 Å². The van der Waals surface area contributed by atoms with Crippen molar-refractivity contribution >= 4 is 21.8 Å². The number of halogens is 1. The minimum absolute atomic E-state index is 0.0880. The van der Waals surface area contributed by atoms with Crippen molar-refractivity contribution < 1.29 is 4.79 Å². The van der Waals surface area contributed by atoms with Crippen LogP contribution in [-0.2, 0) is 0 Å². The molecule has 20 heavy (non-hydrogen) atoms. The third-order valence-electron chi connectivity index (χ3n) is 3.92. The van der Waals surface area contributed by atoms with Crippen molar-refractivity contribution in [2.45, 2.75) is 52.0 Å². The molecule has 0 saturated heterocycles. The summed E-state index contributed by atoms with van der Waals surface area (Å²) in [5.74, 6) is 0.703. The maximum atomic E-state index is 12.7. The summed E-state index contributed by atoms with van der Waals surface area (Å²) >= 11 is 3.36. The molecule has 1 saturated carbocycles. The van der Waals surface area contributed by atoms with Crippen molar-refractivity contribution in [2.75, 3.05) is 6.54 Å². The van der Waals surface area contributed by atoms with Crippen molar-refractivity contribution in [2.24, 2.45) is 5.92 Å². The average Bonchev–Trinajstić information content (AvgIpc) is 2.93. The number of aromatic nitrogens is 1. The lowest BCUT2D eigenvalue weighted by atomic mass is 10.1. The van der Waals surface area contributed by atoms with Gasteiger partial charge in [0.1, 0.15) is 5.69 Å². The van der Waals surface area contributed by atoms with Crippen LogP contribution in [0.25, 0.3) is 0 Å². The Morgan fingerprint density at radius 1 is 1.40 bits per heavy atom. The zero-order valence-electron chi connectivity index (χ0n) is 12.3. The normalized spacial score (nSPS) is 15.8. The highest BCUT2D eigenvalue weighted by molar-refractivity contribution is 9.10. The minimum atomic E-state index is 0.0880. The maximum absolute atomic E-state index is 12.7. The van der Waals surface area contributed by atoms with E-state index in [0.29, 0.717) is 17.7 Å². The van der Waals surface area contributed by atoms with Gasteiger partial charge in [-0.2, -0.15) is 0 Å². The summed E-state index contributed by atoms with van der Waals surface area (Å²) in [5.41, 5.74) is 0.559. The number of carbonyl (C=O) groups excluding carboxylic acids is 1. The quantitative estimate of drug-likeness (QED) is 0.802. The highest BCUT2D eigenvalue weighted by Crippen LogP contribution is 2.25. The molecule has 1 amide bonds. The number of carbonyl (C=O) groups is 1. The van der Waals surface area contributed by atoms with Gasteiger partial charge in [0.05, 0.1) is 0 Å². The zero-order chi connectivity index (χ0) is 14.5. The Morgan fingerprint density at radius 2 is 2.10 bits per heavy atom. The van der Waals surface area contributed by atoms with E-state index in [1.807, 2.05) is 12.1 Å². The SMILES string of the molecule is CC(C)CCN(C(=O)c1ccc(Br)cn1)C1CCCC1. The van der Waals surface area contributed by atoms with Gasteiger partial charge in [0.15, 0.2) is 0 Å². The Bertz CT molecular complexity index is 438. The second kappa shape index (κ2) is 7.21. The van der Waals surface area contributed by atoms with Crippen LogP contribution in [0, 0.1) is 5.92 Å². The number of hydrogen-bond donors (Lipinski definition) is 0. The molecular formula is C16H23BrN2O. The molecule has 0 atom stereocenters. The largest absolute Gasteiger partial charge is 0.334 e. The fourth-order valence-corrected chi connectivity index (χ4v) is 2.95. The van der Waals surface area contributed by atoms with Gasteiger partial charge in [-0.3, -0.25) is 4.79 Å². The van der Waals surface area contributed by atoms with E-state index in [1.165, 1.54) is 12.8 Å². The molecule has 0 unspecified atom stereocenters. The van der Waals surface area contributed by atoms with Gasteiger partial charge in [0.2, 0.25) is 0 Å². The fraction of sp³-hybridized carbons (Fsp3) is 0.625. The second-order valence-corrected chi connectivity index (χ2v) is 6.90. The van der Waals surface area contributed by atoms with Crippen molar-refractivity contribution in [3.63, 3.8) is 0 Å². The van der Waals surface area contributed by atoms with E-state index >= 15 is 0 Å². The molecule has 0 N–H and O–H groups in total. The highest BCUT2D eigenvalue weighted by atomic mass is 79.9. The fourth-order valence-electron chi connectivity index (χ4n) is 2.71. The zero-order valence-corrected chi connectivity index (χ0v) is 13.9. The minimum Gasteiger partial charge on any atom is -0.334 e. The second-order valence-electron chi connectivity index (χ2n) is 5.98. The predicted molar refractivity (Wildman–Crippen MR) is 84.7 cm³/mol. The van der Waals surface area contributed by atoms with E-state index in [1.54, 1.807) is 6.20 Å². The van der Waals surface area contributed by atoms with Crippen molar-refractivity contribution in [3.8, 4) is 0 Å². The van der Waals surface area contributed by atoms with Gasteiger partial charge < -0.3 is 4.90 Å². The van der Waals surface area contributed by atoms with Crippen molar-refractivity contribution in [1.29, 1.82) is 0 Å². The summed E-state index contributed by atoms with van der Waals surface area (Å²) in [6.07, 6.45) is 7.51. The standard InChI is InChI=1S/C16H23BrN2O/c1-12(2)9-10-19(14-5-3-4-6-14)16(20)15-8-7-13(17)11-18-15/h7-8,11-12,14H,3-6,9-10H2,1-2H3. The van der Waals surface area contributed by atoms with Crippen LogP contribution >= 0.6 is 15.9 Å². The van der Waals surface area contributed by atoms with Crippen LogP contribution in [0.1, 0.15) is 56.4 Å². The van der Waals surface area contributed by atoms with Crippen molar-refractivity contribution in [1.82, 2.24) is 9.88 Å². The van der Waals surface area contributed by atoms with E-state index < -0.39 is 0 Å². The summed E-state index contributed by atoms with van der Waals surface area (Å²) in [5, 5.41) is 0. The van der Waals surface area contributed by atoms with E-state index in [0.717, 1.165) is 30.3 Å². The van der Waals surface area contributed by atoms with E-state index in [4.69, 9.17) is 0 Å². The third-order valence-corrected chi connectivity index (χ3v) is 4.39. The van der Waals surface area contributed by atoms with Crippen LogP contribution in [0.5, 0.6) is 0 Å². The molecule has 0 spiro atoms. The molecule has 1 aromatic rings. The van der Waals surface area contributed by atoms with Crippen LogP contribution in [0.3, 0.4) is 0 Å². The van der Waals surface area contributed by atoms with Crippen molar-refractivity contribution in [3.05, 3.63) is 28.5 Å². The Morgan fingerprint density at radius 3 is 2.65 bits per heavy atom. The van der Waals surface area contributed by atoms with E-state index in [2.05, 4.69) is 39.7 Å². The Labute approximate surface area is 129 Å². The van der Waals surface area contributed by atoms with Crippen LogP contribution < -0.4 is 0 Å². The molecule has 0 aromatic carbocycles. The Kier molecular flexibility index (Phi) is 5.58. The molecule has 4 heteroatoms. The number of hydrogen-bond acceptors (Lipinski definition) is 2. The summed E-state index contributed by atoms with van der Waals surface area (Å²) in [6, 6.07) is 4.10. The monoisotopic (exact) mass is 338 g/mol. The van der Waals surface area contributed by atoms with E-state index in [-0.39, 0.29) is 5.91 Å². The number of rotatable bonds is 5. The van der Waals surface area contributed by atoms with Gasteiger partial charge in [0, 0.05) is 23.3 Å². The first-order valence-electron chi connectivity index (χ1n) is 7.50. The van der Waals surface area contributed by atoms with Gasteiger partial charge >= 0.3 is 0 Å². The summed E-state index contributed by atoms with van der Waals surface area (Å²) in [6.45, 7) is 5.25. The lowest BCUT2D eigenvalue weighted by Gasteiger charge is -2.29. The van der Waals surface area contributed by atoms with Crippen LogP contribution in [0.4, 0.5) is 0 Å². The molecular weight excluding hydrogens is 316 g/mol. The molecule has 110 valence electrons. The lowest BCUT2D eigenvalue weighted by molar-refractivity contribution is 0.0666. The van der Waals surface area contributed by atoms with Gasteiger partial charge in [-0.05, 0) is 53.2 Å². The molecule has 1 aliphatic carbocycles. The predicted octanol–water partition coefficient (Wildman–Crippen LogP) is 4.28. The summed E-state index contributed by atoms with van der Waals surface area (Å²) in [4.78, 5) is 19.0. The Balaban J connectivity index is 2.11. The van der Waals surface area contributed by atoms with Gasteiger partial charge in [-0.25, -0.2) is 4.98 Å². The van der Waals surface area contributed by atoms with Crippen LogP contribution in [-0.4, -0.2) is 28.4 Å². The average molecular weight is 339 g/mol. The first kappa shape index (κ1) is 15.5. The van der Waals surface area contributed by atoms with Crippen LogP contribution in [0.2, 0.25) is 0 Å². The number of nitrogens with zero attached hydrogens (tertiary/aromatic N) is 2. The lowest BCUT2D eigenvalue weighted by Crippen LogP contribution is -2.40. The third kappa shape index (κ3) is 4.05. The molecule has 1 aromatic heterocycles. The molecule has 0 radical (unpaired) electrons. The topological polar surface area (TPSA) is 33.2 Å².